The quantitative estimate of drug-likeness (QED) is 0.628. The van der Waals surface area contributed by atoms with E-state index in [1.54, 1.807) is 11.6 Å². The maximum absolute atomic E-state index is 11.0. The number of anilines is 2. The summed E-state index contributed by atoms with van der Waals surface area (Å²) in [6.45, 7) is 5.03. The van der Waals surface area contributed by atoms with Gasteiger partial charge in [0.1, 0.15) is 5.82 Å². The predicted molar refractivity (Wildman–Crippen MR) is 79.2 cm³/mol. The Kier molecular flexibility index (Phi) is 4.46. The number of pyridine rings is 1. The number of hydrogen-bond donors (Lipinski definition) is 2. The van der Waals surface area contributed by atoms with E-state index in [4.69, 9.17) is 0 Å². The van der Waals surface area contributed by atoms with Gasteiger partial charge in [-0.1, -0.05) is 0 Å². The van der Waals surface area contributed by atoms with Gasteiger partial charge >= 0.3 is 5.69 Å². The van der Waals surface area contributed by atoms with Gasteiger partial charge in [0.15, 0.2) is 0 Å². The first kappa shape index (κ1) is 14.2. The topological polar surface area (TPSA) is 93.0 Å². The summed E-state index contributed by atoms with van der Waals surface area (Å²) in [6, 6.07) is 3.05. The van der Waals surface area contributed by atoms with Crippen LogP contribution in [0.2, 0.25) is 0 Å². The average Bonchev–Trinajstić information content (AvgIpc) is 2.82. The van der Waals surface area contributed by atoms with Crippen LogP contribution in [0, 0.1) is 17.0 Å². The summed E-state index contributed by atoms with van der Waals surface area (Å²) < 4.78 is 0. The standard InChI is InChI=1S/C12H15N5O2S/c1-3-13-11-5-4-9(17(18)19)12(16-11)14-6-10-8(2)15-7-20-10/h4-5,7H,3,6H2,1-2H3,(H2,13,14,16). The zero-order valence-corrected chi connectivity index (χ0v) is 12.0. The van der Waals surface area contributed by atoms with E-state index in [2.05, 4.69) is 20.6 Å². The molecule has 2 aromatic heterocycles. The van der Waals surface area contributed by atoms with Gasteiger partial charge in [-0.25, -0.2) is 9.97 Å². The van der Waals surface area contributed by atoms with Crippen LogP contribution in [-0.4, -0.2) is 21.4 Å². The van der Waals surface area contributed by atoms with E-state index in [0.29, 0.717) is 18.9 Å². The van der Waals surface area contributed by atoms with Gasteiger partial charge in [-0.2, -0.15) is 0 Å². The third kappa shape index (κ3) is 3.21. The van der Waals surface area contributed by atoms with Crippen molar-refractivity contribution in [3.8, 4) is 0 Å². The van der Waals surface area contributed by atoms with Crippen molar-refractivity contribution in [1.29, 1.82) is 0 Å². The van der Waals surface area contributed by atoms with Crippen LogP contribution in [0.3, 0.4) is 0 Å². The van der Waals surface area contributed by atoms with Gasteiger partial charge in [0.2, 0.25) is 5.82 Å². The Labute approximate surface area is 120 Å². The second-order valence-electron chi connectivity index (χ2n) is 4.07. The van der Waals surface area contributed by atoms with Gasteiger partial charge in [-0.3, -0.25) is 10.1 Å². The van der Waals surface area contributed by atoms with Gasteiger partial charge in [-0.15, -0.1) is 11.3 Å². The van der Waals surface area contributed by atoms with Crippen molar-refractivity contribution in [2.24, 2.45) is 0 Å². The molecule has 0 amide bonds. The minimum absolute atomic E-state index is 0.0335. The van der Waals surface area contributed by atoms with Crippen molar-refractivity contribution < 1.29 is 4.92 Å². The molecule has 0 bridgehead atoms. The highest BCUT2D eigenvalue weighted by molar-refractivity contribution is 7.09. The molecular weight excluding hydrogens is 278 g/mol. The number of aromatic nitrogens is 2. The first-order chi connectivity index (χ1) is 9.61. The van der Waals surface area contributed by atoms with Crippen molar-refractivity contribution in [3.63, 3.8) is 0 Å². The zero-order chi connectivity index (χ0) is 14.5. The first-order valence-electron chi connectivity index (χ1n) is 6.14. The molecule has 0 fully saturated rings. The molecule has 0 spiro atoms. The summed E-state index contributed by atoms with van der Waals surface area (Å²) in [4.78, 5) is 20.0. The van der Waals surface area contributed by atoms with Crippen LogP contribution in [0.4, 0.5) is 17.3 Å². The Hall–Kier alpha value is -2.22. The van der Waals surface area contributed by atoms with Crippen molar-refractivity contribution in [3.05, 3.63) is 38.3 Å². The van der Waals surface area contributed by atoms with E-state index < -0.39 is 4.92 Å². The van der Waals surface area contributed by atoms with Gasteiger partial charge in [0.05, 0.1) is 22.7 Å². The summed E-state index contributed by atoms with van der Waals surface area (Å²) in [5, 5.41) is 17.1. The SMILES string of the molecule is CCNc1ccc([N+](=O)[O-])c(NCc2scnc2C)n1. The molecule has 0 aliphatic heterocycles. The van der Waals surface area contributed by atoms with Crippen LogP contribution in [-0.2, 0) is 6.54 Å². The predicted octanol–water partition coefficient (Wildman–Crippen LogP) is 2.80. The number of nitro groups is 1. The molecule has 106 valence electrons. The molecule has 0 radical (unpaired) electrons. The molecule has 2 heterocycles. The van der Waals surface area contributed by atoms with Crippen molar-refractivity contribution in [1.82, 2.24) is 9.97 Å². The second-order valence-corrected chi connectivity index (χ2v) is 5.01. The Morgan fingerprint density at radius 3 is 2.80 bits per heavy atom. The second kappa shape index (κ2) is 6.29. The molecule has 0 saturated heterocycles. The highest BCUT2D eigenvalue weighted by Gasteiger charge is 2.16. The van der Waals surface area contributed by atoms with Crippen LogP contribution in [0.5, 0.6) is 0 Å². The summed E-state index contributed by atoms with van der Waals surface area (Å²) in [7, 11) is 0. The third-order valence-electron chi connectivity index (χ3n) is 2.69. The average molecular weight is 293 g/mol. The summed E-state index contributed by atoms with van der Waals surface area (Å²) >= 11 is 1.51. The maximum atomic E-state index is 11.0. The summed E-state index contributed by atoms with van der Waals surface area (Å²) in [5.74, 6) is 0.878. The van der Waals surface area contributed by atoms with Gasteiger partial charge in [-0.05, 0) is 19.9 Å². The Morgan fingerprint density at radius 1 is 1.40 bits per heavy atom. The zero-order valence-electron chi connectivity index (χ0n) is 11.2. The van der Waals surface area contributed by atoms with Gasteiger partial charge in [0.25, 0.3) is 0 Å². The summed E-state index contributed by atoms with van der Waals surface area (Å²) in [5.41, 5.74) is 2.64. The van der Waals surface area contributed by atoms with E-state index in [-0.39, 0.29) is 11.5 Å². The molecule has 0 aliphatic carbocycles. The molecule has 0 aliphatic rings. The fourth-order valence-corrected chi connectivity index (χ4v) is 2.39. The van der Waals surface area contributed by atoms with Crippen LogP contribution in [0.15, 0.2) is 17.6 Å². The minimum atomic E-state index is -0.440. The fraction of sp³-hybridized carbons (Fsp3) is 0.333. The van der Waals surface area contributed by atoms with E-state index in [9.17, 15) is 10.1 Å². The van der Waals surface area contributed by atoms with E-state index in [0.717, 1.165) is 10.6 Å². The highest BCUT2D eigenvalue weighted by Crippen LogP contribution is 2.25. The number of nitrogens with one attached hydrogen (secondary N) is 2. The van der Waals surface area contributed by atoms with Crippen LogP contribution in [0.1, 0.15) is 17.5 Å². The number of aryl methyl sites for hydroxylation is 1. The molecule has 0 atom stereocenters. The normalized spacial score (nSPS) is 10.3. The lowest BCUT2D eigenvalue weighted by Gasteiger charge is -2.08. The Morgan fingerprint density at radius 2 is 2.20 bits per heavy atom. The maximum Gasteiger partial charge on any atom is 0.311 e. The molecule has 20 heavy (non-hydrogen) atoms. The molecule has 2 aromatic rings. The Bertz CT molecular complexity index is 614. The first-order valence-corrected chi connectivity index (χ1v) is 7.02. The van der Waals surface area contributed by atoms with Crippen molar-refractivity contribution in [2.45, 2.75) is 20.4 Å². The van der Waals surface area contributed by atoms with E-state index in [1.807, 2.05) is 13.8 Å². The number of nitrogens with zero attached hydrogens (tertiary/aromatic N) is 3. The van der Waals surface area contributed by atoms with Crippen LogP contribution < -0.4 is 10.6 Å². The van der Waals surface area contributed by atoms with Crippen LogP contribution >= 0.6 is 11.3 Å². The van der Waals surface area contributed by atoms with Crippen molar-refractivity contribution >= 4 is 28.7 Å². The monoisotopic (exact) mass is 293 g/mol. The molecule has 0 saturated carbocycles. The van der Waals surface area contributed by atoms with Crippen LogP contribution in [0.25, 0.3) is 0 Å². The largest absolute Gasteiger partial charge is 0.370 e. The Balaban J connectivity index is 2.21. The smallest absolute Gasteiger partial charge is 0.311 e. The fourth-order valence-electron chi connectivity index (χ4n) is 1.67. The number of hydrogen-bond acceptors (Lipinski definition) is 7. The van der Waals surface area contributed by atoms with E-state index in [1.165, 1.54) is 17.4 Å². The number of rotatable bonds is 6. The molecule has 8 heteroatoms. The molecule has 2 rings (SSSR count). The molecule has 7 nitrogen and oxygen atoms in total. The van der Waals surface area contributed by atoms with Crippen molar-refractivity contribution in [2.75, 3.05) is 17.2 Å². The molecule has 0 unspecified atom stereocenters. The van der Waals surface area contributed by atoms with E-state index >= 15 is 0 Å². The lowest BCUT2D eigenvalue weighted by Crippen LogP contribution is -2.07. The minimum Gasteiger partial charge on any atom is -0.370 e. The third-order valence-corrected chi connectivity index (χ3v) is 3.62. The molecular formula is C12H15N5O2S. The van der Waals surface area contributed by atoms with Gasteiger partial charge < -0.3 is 10.6 Å². The summed E-state index contributed by atoms with van der Waals surface area (Å²) in [6.07, 6.45) is 0. The van der Waals surface area contributed by atoms with Gasteiger partial charge in [0, 0.05) is 17.5 Å². The number of thiazole rings is 1. The molecule has 0 aromatic carbocycles. The molecule has 2 N–H and O–H groups in total. The lowest BCUT2D eigenvalue weighted by atomic mass is 10.3. The highest BCUT2D eigenvalue weighted by atomic mass is 32.1. The lowest BCUT2D eigenvalue weighted by molar-refractivity contribution is -0.384.